The van der Waals surface area contributed by atoms with Crippen LogP contribution in [0, 0.1) is 5.92 Å². The zero-order chi connectivity index (χ0) is 8.93. The minimum absolute atomic E-state index is 0.840. The Morgan fingerprint density at radius 1 is 1.54 bits per heavy atom. The highest BCUT2D eigenvalue weighted by Gasteiger charge is 2.14. The first-order valence-corrected chi connectivity index (χ1v) is 5.83. The summed E-state index contributed by atoms with van der Waals surface area (Å²) < 4.78 is 0. The van der Waals surface area contributed by atoms with Crippen LogP contribution in [0.2, 0.25) is 0 Å². The number of nitrogens with one attached hydrogen (secondary N) is 1. The van der Waals surface area contributed by atoms with Crippen LogP contribution in [0.4, 0.5) is 5.82 Å². The van der Waals surface area contributed by atoms with Gasteiger partial charge in [-0.2, -0.15) is 11.8 Å². The van der Waals surface area contributed by atoms with Gasteiger partial charge >= 0.3 is 0 Å². The van der Waals surface area contributed by atoms with E-state index in [2.05, 4.69) is 22.1 Å². The Kier molecular flexibility index (Phi) is 3.08. The molecule has 1 aromatic heterocycles. The molecule has 2 heterocycles. The number of anilines is 1. The van der Waals surface area contributed by atoms with Crippen LogP contribution in [0.25, 0.3) is 0 Å². The maximum Gasteiger partial charge on any atom is 0.125 e. The van der Waals surface area contributed by atoms with Crippen LogP contribution in [0.5, 0.6) is 0 Å². The van der Waals surface area contributed by atoms with E-state index in [1.54, 1.807) is 0 Å². The van der Waals surface area contributed by atoms with Crippen molar-refractivity contribution in [1.82, 2.24) is 4.98 Å². The Hall–Kier alpha value is -0.700. The normalized spacial score (nSPS) is 21.7. The lowest BCUT2D eigenvalue weighted by molar-refractivity contribution is 0.630. The van der Waals surface area contributed by atoms with E-state index in [0.29, 0.717) is 0 Å². The molecule has 1 aliphatic rings. The van der Waals surface area contributed by atoms with Crippen LogP contribution >= 0.6 is 11.8 Å². The summed E-state index contributed by atoms with van der Waals surface area (Å²) in [7, 11) is 0. The molecule has 0 spiro atoms. The van der Waals surface area contributed by atoms with E-state index >= 15 is 0 Å². The van der Waals surface area contributed by atoms with E-state index in [1.807, 2.05) is 24.4 Å². The lowest BCUT2D eigenvalue weighted by Gasteiger charge is -2.09. The average Bonchev–Trinajstić information content (AvgIpc) is 2.69. The molecule has 1 atom stereocenters. The first kappa shape index (κ1) is 8.88. The summed E-state index contributed by atoms with van der Waals surface area (Å²) >= 11 is 2.06. The standard InChI is InChI=1S/C10H14N2S/c1-2-5-11-10(3-1)12-7-9-4-6-13-8-9/h1-3,5,9H,4,6-8H2,(H,11,12). The number of hydrogen-bond acceptors (Lipinski definition) is 3. The number of thioether (sulfide) groups is 1. The minimum Gasteiger partial charge on any atom is -0.370 e. The molecule has 2 rings (SSSR count). The predicted octanol–water partition coefficient (Wildman–Crippen LogP) is 2.25. The van der Waals surface area contributed by atoms with Crippen molar-refractivity contribution in [2.45, 2.75) is 6.42 Å². The second kappa shape index (κ2) is 4.51. The lowest BCUT2D eigenvalue weighted by atomic mass is 10.1. The highest BCUT2D eigenvalue weighted by atomic mass is 32.2. The topological polar surface area (TPSA) is 24.9 Å². The van der Waals surface area contributed by atoms with Gasteiger partial charge < -0.3 is 5.32 Å². The van der Waals surface area contributed by atoms with Crippen molar-refractivity contribution in [2.24, 2.45) is 5.92 Å². The molecule has 0 amide bonds. The predicted molar refractivity (Wildman–Crippen MR) is 58.2 cm³/mol. The SMILES string of the molecule is c1ccc(NCC2CCSC2)nc1. The fraction of sp³-hybridized carbons (Fsp3) is 0.500. The van der Waals surface area contributed by atoms with Crippen LogP contribution in [0.1, 0.15) is 6.42 Å². The summed E-state index contributed by atoms with van der Waals surface area (Å²) in [6.07, 6.45) is 3.18. The third-order valence-corrected chi connectivity index (χ3v) is 3.49. The molecule has 0 saturated carbocycles. The largest absolute Gasteiger partial charge is 0.370 e. The Morgan fingerprint density at radius 3 is 3.23 bits per heavy atom. The average molecular weight is 194 g/mol. The summed E-state index contributed by atoms with van der Waals surface area (Å²) in [5.41, 5.74) is 0. The third kappa shape index (κ3) is 2.62. The van der Waals surface area contributed by atoms with Crippen LogP contribution in [-0.2, 0) is 0 Å². The molecule has 3 heteroatoms. The Morgan fingerprint density at radius 2 is 2.54 bits per heavy atom. The van der Waals surface area contributed by atoms with Gasteiger partial charge in [0.05, 0.1) is 0 Å². The van der Waals surface area contributed by atoms with E-state index in [-0.39, 0.29) is 0 Å². The summed E-state index contributed by atoms with van der Waals surface area (Å²) in [5, 5.41) is 3.36. The molecule has 13 heavy (non-hydrogen) atoms. The van der Waals surface area contributed by atoms with Crippen molar-refractivity contribution in [1.29, 1.82) is 0 Å². The Bertz CT molecular complexity index is 244. The second-order valence-electron chi connectivity index (χ2n) is 3.33. The first-order chi connectivity index (χ1) is 6.45. The van der Waals surface area contributed by atoms with Crippen LogP contribution < -0.4 is 5.32 Å². The molecular weight excluding hydrogens is 180 g/mol. The van der Waals surface area contributed by atoms with Gasteiger partial charge in [-0.15, -0.1) is 0 Å². The molecule has 0 aliphatic carbocycles. The number of rotatable bonds is 3. The number of aromatic nitrogens is 1. The molecule has 0 radical (unpaired) electrons. The number of hydrogen-bond donors (Lipinski definition) is 1. The van der Waals surface area contributed by atoms with Crippen molar-refractivity contribution < 1.29 is 0 Å². The third-order valence-electron chi connectivity index (χ3n) is 2.26. The fourth-order valence-corrected chi connectivity index (χ4v) is 2.75. The van der Waals surface area contributed by atoms with Crippen LogP contribution in [0.15, 0.2) is 24.4 Å². The maximum atomic E-state index is 4.22. The monoisotopic (exact) mass is 194 g/mol. The van der Waals surface area contributed by atoms with Gasteiger partial charge in [-0.3, -0.25) is 0 Å². The molecule has 1 fully saturated rings. The summed E-state index contributed by atoms with van der Waals surface area (Å²) in [4.78, 5) is 4.22. The molecule has 0 bridgehead atoms. The summed E-state index contributed by atoms with van der Waals surface area (Å²) in [5.74, 6) is 4.47. The number of nitrogens with zero attached hydrogens (tertiary/aromatic N) is 1. The quantitative estimate of drug-likeness (QED) is 0.799. The van der Waals surface area contributed by atoms with Crippen LogP contribution in [0.3, 0.4) is 0 Å². The van der Waals surface area contributed by atoms with E-state index in [9.17, 15) is 0 Å². The smallest absolute Gasteiger partial charge is 0.125 e. The van der Waals surface area contributed by atoms with Gasteiger partial charge in [0.15, 0.2) is 0 Å². The van der Waals surface area contributed by atoms with E-state index < -0.39 is 0 Å². The molecule has 70 valence electrons. The molecule has 1 N–H and O–H groups in total. The zero-order valence-electron chi connectivity index (χ0n) is 7.57. The van der Waals surface area contributed by atoms with Gasteiger partial charge in [0.25, 0.3) is 0 Å². The minimum atomic E-state index is 0.840. The van der Waals surface area contributed by atoms with Crippen molar-refractivity contribution in [3.63, 3.8) is 0 Å². The maximum absolute atomic E-state index is 4.22. The Balaban J connectivity index is 1.79. The summed E-state index contributed by atoms with van der Waals surface area (Å²) in [6.45, 7) is 1.07. The van der Waals surface area contributed by atoms with E-state index in [4.69, 9.17) is 0 Å². The van der Waals surface area contributed by atoms with Gasteiger partial charge in [-0.25, -0.2) is 4.98 Å². The van der Waals surface area contributed by atoms with Gasteiger partial charge in [0.1, 0.15) is 5.82 Å². The highest BCUT2D eigenvalue weighted by Crippen LogP contribution is 2.23. The van der Waals surface area contributed by atoms with Crippen molar-refractivity contribution in [3.05, 3.63) is 24.4 Å². The van der Waals surface area contributed by atoms with Gasteiger partial charge in [0.2, 0.25) is 0 Å². The van der Waals surface area contributed by atoms with Gasteiger partial charge in [0, 0.05) is 12.7 Å². The molecule has 1 aromatic rings. The molecule has 0 aromatic carbocycles. The molecule has 2 nitrogen and oxygen atoms in total. The molecule has 1 aliphatic heterocycles. The molecular formula is C10H14N2S. The first-order valence-electron chi connectivity index (χ1n) is 4.68. The van der Waals surface area contributed by atoms with E-state index in [0.717, 1.165) is 18.3 Å². The van der Waals surface area contributed by atoms with Crippen molar-refractivity contribution >= 4 is 17.6 Å². The molecule has 1 unspecified atom stereocenters. The fourth-order valence-electron chi connectivity index (χ4n) is 1.46. The molecule has 1 saturated heterocycles. The van der Waals surface area contributed by atoms with E-state index in [1.165, 1.54) is 17.9 Å². The van der Waals surface area contributed by atoms with Crippen molar-refractivity contribution in [3.8, 4) is 0 Å². The zero-order valence-corrected chi connectivity index (χ0v) is 8.39. The second-order valence-corrected chi connectivity index (χ2v) is 4.48. The van der Waals surface area contributed by atoms with Crippen LogP contribution in [-0.4, -0.2) is 23.0 Å². The summed E-state index contributed by atoms with van der Waals surface area (Å²) in [6, 6.07) is 5.97. The lowest BCUT2D eigenvalue weighted by Crippen LogP contribution is -2.13. The Labute approximate surface area is 83.1 Å². The van der Waals surface area contributed by atoms with Gasteiger partial charge in [-0.1, -0.05) is 6.07 Å². The van der Waals surface area contributed by atoms with Crippen molar-refractivity contribution in [2.75, 3.05) is 23.4 Å². The highest BCUT2D eigenvalue weighted by molar-refractivity contribution is 7.99. The van der Waals surface area contributed by atoms with Gasteiger partial charge in [-0.05, 0) is 36.0 Å². The number of pyridine rings is 1.